The Kier molecular flexibility index (Phi) is 3.53. The molecule has 2 fully saturated rings. The molecule has 2 aliphatic rings. The third kappa shape index (κ3) is 2.79. The molecule has 2 saturated carbocycles. The zero-order valence-corrected chi connectivity index (χ0v) is 12.1. The first-order valence-electron chi connectivity index (χ1n) is 7.56. The van der Waals surface area contributed by atoms with E-state index in [4.69, 9.17) is 4.74 Å². The summed E-state index contributed by atoms with van der Waals surface area (Å²) in [5.41, 5.74) is 2.04. The molecule has 2 aliphatic carbocycles. The van der Waals surface area contributed by atoms with Gasteiger partial charge in [0.15, 0.2) is 0 Å². The molecule has 0 bridgehead atoms. The number of rotatable bonds is 5. The van der Waals surface area contributed by atoms with Gasteiger partial charge in [0.25, 0.3) is 0 Å². The lowest BCUT2D eigenvalue weighted by atomic mass is 9.69. The van der Waals surface area contributed by atoms with Gasteiger partial charge in [-0.25, -0.2) is 0 Å². The minimum atomic E-state index is 0.598. The smallest absolute Gasteiger partial charge is 0.119 e. The second-order valence-electron chi connectivity index (χ2n) is 6.69. The Morgan fingerprint density at radius 1 is 1.32 bits per heavy atom. The first kappa shape index (κ1) is 13.0. The third-order valence-corrected chi connectivity index (χ3v) is 5.08. The molecule has 0 aromatic heterocycles. The first-order chi connectivity index (χ1) is 9.18. The quantitative estimate of drug-likeness (QED) is 0.870. The van der Waals surface area contributed by atoms with Crippen LogP contribution in [-0.4, -0.2) is 19.7 Å². The van der Waals surface area contributed by atoms with Gasteiger partial charge in [0.2, 0.25) is 0 Å². The lowest BCUT2D eigenvalue weighted by Gasteiger charge is -2.43. The maximum Gasteiger partial charge on any atom is 0.119 e. The van der Waals surface area contributed by atoms with Crippen molar-refractivity contribution >= 4 is 0 Å². The zero-order valence-electron chi connectivity index (χ0n) is 12.1. The minimum absolute atomic E-state index is 0.598. The summed E-state index contributed by atoms with van der Waals surface area (Å²) in [6, 6.07) is 9.28. The molecule has 0 atom stereocenters. The van der Waals surface area contributed by atoms with E-state index in [2.05, 4.69) is 30.4 Å². The molecular weight excluding hydrogens is 234 g/mol. The molecular formula is C17H25NO. The van der Waals surface area contributed by atoms with E-state index in [0.29, 0.717) is 5.41 Å². The average molecular weight is 259 g/mol. The second kappa shape index (κ2) is 5.16. The molecule has 0 amide bonds. The lowest BCUT2D eigenvalue weighted by molar-refractivity contribution is 0.137. The molecule has 1 aromatic rings. The van der Waals surface area contributed by atoms with Crippen LogP contribution in [0.3, 0.4) is 0 Å². The van der Waals surface area contributed by atoms with Gasteiger partial charge in [-0.1, -0.05) is 25.5 Å². The number of methoxy groups -OCH3 is 1. The Morgan fingerprint density at radius 3 is 2.74 bits per heavy atom. The van der Waals surface area contributed by atoms with Gasteiger partial charge in [-0.2, -0.15) is 0 Å². The molecule has 1 aromatic carbocycles. The third-order valence-electron chi connectivity index (χ3n) is 5.08. The highest BCUT2D eigenvalue weighted by Gasteiger charge is 2.35. The molecule has 2 nitrogen and oxygen atoms in total. The highest BCUT2D eigenvalue weighted by molar-refractivity contribution is 5.32. The summed E-state index contributed by atoms with van der Waals surface area (Å²) in [5.74, 6) is 1.71. The SMILES string of the molecule is COc1cccc(C2CC(NCC3(C)CCC3)C2)c1. The lowest BCUT2D eigenvalue weighted by Crippen LogP contribution is -2.46. The topological polar surface area (TPSA) is 21.3 Å². The van der Waals surface area contributed by atoms with Gasteiger partial charge in [0, 0.05) is 12.6 Å². The van der Waals surface area contributed by atoms with Crippen molar-refractivity contribution in [1.29, 1.82) is 0 Å². The van der Waals surface area contributed by atoms with Gasteiger partial charge >= 0.3 is 0 Å². The molecule has 104 valence electrons. The van der Waals surface area contributed by atoms with E-state index >= 15 is 0 Å². The Balaban J connectivity index is 1.46. The van der Waals surface area contributed by atoms with E-state index < -0.39 is 0 Å². The van der Waals surface area contributed by atoms with Crippen molar-refractivity contribution in [2.45, 2.75) is 51.0 Å². The van der Waals surface area contributed by atoms with Crippen molar-refractivity contribution in [1.82, 2.24) is 5.32 Å². The Hall–Kier alpha value is -1.02. The standard InChI is InChI=1S/C17H25NO/c1-17(7-4-8-17)12-18-15-9-14(10-15)13-5-3-6-16(11-13)19-2/h3,5-6,11,14-15,18H,4,7-10,12H2,1-2H3. The van der Waals surface area contributed by atoms with Crippen LogP contribution in [0.25, 0.3) is 0 Å². The summed E-state index contributed by atoms with van der Waals surface area (Å²) >= 11 is 0. The highest BCUT2D eigenvalue weighted by atomic mass is 16.5. The number of nitrogens with one attached hydrogen (secondary N) is 1. The molecule has 0 saturated heterocycles. The summed E-state index contributed by atoms with van der Waals surface area (Å²) in [7, 11) is 1.74. The van der Waals surface area contributed by atoms with Gasteiger partial charge in [-0.15, -0.1) is 0 Å². The van der Waals surface area contributed by atoms with Crippen molar-refractivity contribution in [3.63, 3.8) is 0 Å². The van der Waals surface area contributed by atoms with Gasteiger partial charge in [-0.05, 0) is 54.7 Å². The van der Waals surface area contributed by atoms with E-state index in [9.17, 15) is 0 Å². The van der Waals surface area contributed by atoms with Crippen LogP contribution in [0.15, 0.2) is 24.3 Å². The summed E-state index contributed by atoms with van der Waals surface area (Å²) in [6.07, 6.45) is 6.81. The Labute approximate surface area is 116 Å². The van der Waals surface area contributed by atoms with E-state index in [1.54, 1.807) is 7.11 Å². The fourth-order valence-electron chi connectivity index (χ4n) is 3.30. The van der Waals surface area contributed by atoms with Crippen molar-refractivity contribution in [2.24, 2.45) is 5.41 Å². The second-order valence-corrected chi connectivity index (χ2v) is 6.69. The highest BCUT2D eigenvalue weighted by Crippen LogP contribution is 2.42. The maximum absolute atomic E-state index is 5.30. The molecule has 0 unspecified atom stereocenters. The maximum atomic E-state index is 5.30. The van der Waals surface area contributed by atoms with Crippen molar-refractivity contribution in [2.75, 3.05) is 13.7 Å². The first-order valence-corrected chi connectivity index (χ1v) is 7.56. The average Bonchev–Trinajstić information content (AvgIpc) is 2.35. The molecule has 19 heavy (non-hydrogen) atoms. The summed E-state index contributed by atoms with van der Waals surface area (Å²) in [6.45, 7) is 3.63. The molecule has 1 N–H and O–H groups in total. The van der Waals surface area contributed by atoms with Crippen LogP contribution in [0.4, 0.5) is 0 Å². The van der Waals surface area contributed by atoms with Crippen LogP contribution >= 0.6 is 0 Å². The number of hydrogen-bond acceptors (Lipinski definition) is 2. The molecule has 2 heteroatoms. The molecule has 0 aliphatic heterocycles. The van der Waals surface area contributed by atoms with Crippen LogP contribution in [0, 0.1) is 5.41 Å². The van der Waals surface area contributed by atoms with E-state index in [1.165, 1.54) is 44.2 Å². The number of ether oxygens (including phenoxy) is 1. The van der Waals surface area contributed by atoms with Gasteiger partial charge in [0.05, 0.1) is 7.11 Å². The van der Waals surface area contributed by atoms with E-state index in [1.807, 2.05) is 6.07 Å². The van der Waals surface area contributed by atoms with E-state index in [0.717, 1.165) is 17.7 Å². The molecule has 3 rings (SSSR count). The Morgan fingerprint density at radius 2 is 2.11 bits per heavy atom. The summed E-state index contributed by atoms with van der Waals surface area (Å²) in [4.78, 5) is 0. The Bertz CT molecular complexity index is 433. The van der Waals surface area contributed by atoms with Crippen LogP contribution in [0.1, 0.15) is 50.5 Å². The minimum Gasteiger partial charge on any atom is -0.497 e. The van der Waals surface area contributed by atoms with Crippen molar-refractivity contribution < 1.29 is 4.74 Å². The van der Waals surface area contributed by atoms with E-state index in [-0.39, 0.29) is 0 Å². The normalized spacial score (nSPS) is 28.3. The van der Waals surface area contributed by atoms with Gasteiger partial charge in [-0.3, -0.25) is 0 Å². The largest absolute Gasteiger partial charge is 0.497 e. The zero-order chi connectivity index (χ0) is 13.3. The summed E-state index contributed by atoms with van der Waals surface area (Å²) < 4.78 is 5.30. The van der Waals surface area contributed by atoms with Crippen LogP contribution in [0.2, 0.25) is 0 Å². The van der Waals surface area contributed by atoms with Gasteiger partial charge < -0.3 is 10.1 Å². The molecule has 0 radical (unpaired) electrons. The van der Waals surface area contributed by atoms with Crippen LogP contribution < -0.4 is 10.1 Å². The fraction of sp³-hybridized carbons (Fsp3) is 0.647. The fourth-order valence-corrected chi connectivity index (χ4v) is 3.30. The predicted octanol–water partition coefficient (Wildman–Crippen LogP) is 3.72. The number of hydrogen-bond donors (Lipinski definition) is 1. The van der Waals surface area contributed by atoms with Crippen molar-refractivity contribution in [3.8, 4) is 5.75 Å². The van der Waals surface area contributed by atoms with Crippen LogP contribution in [-0.2, 0) is 0 Å². The monoisotopic (exact) mass is 259 g/mol. The number of benzene rings is 1. The van der Waals surface area contributed by atoms with Crippen LogP contribution in [0.5, 0.6) is 5.75 Å². The predicted molar refractivity (Wildman–Crippen MR) is 78.7 cm³/mol. The van der Waals surface area contributed by atoms with Gasteiger partial charge in [0.1, 0.15) is 5.75 Å². The van der Waals surface area contributed by atoms with Crippen molar-refractivity contribution in [3.05, 3.63) is 29.8 Å². The summed E-state index contributed by atoms with van der Waals surface area (Å²) in [5, 5.41) is 3.76. The molecule has 0 spiro atoms. The molecule has 0 heterocycles.